The van der Waals surface area contributed by atoms with Gasteiger partial charge in [-0.15, -0.1) is 0 Å². The molecule has 0 saturated heterocycles. The third-order valence-electron chi connectivity index (χ3n) is 5.35. The Labute approximate surface area is 158 Å². The predicted molar refractivity (Wildman–Crippen MR) is 103 cm³/mol. The van der Waals surface area contributed by atoms with Crippen LogP contribution >= 0.6 is 0 Å². The second-order valence-corrected chi connectivity index (χ2v) is 7.17. The van der Waals surface area contributed by atoms with E-state index in [0.717, 1.165) is 36.8 Å². The Hall–Kier alpha value is -2.95. The second-order valence-electron chi connectivity index (χ2n) is 7.17. The molecule has 27 heavy (non-hydrogen) atoms. The largest absolute Gasteiger partial charge is 0.323 e. The Kier molecular flexibility index (Phi) is 4.75. The Balaban J connectivity index is 1.52. The van der Waals surface area contributed by atoms with Crippen LogP contribution in [0.4, 0.5) is 10.1 Å². The lowest BCUT2D eigenvalue weighted by Gasteiger charge is -2.28. The lowest BCUT2D eigenvalue weighted by Crippen LogP contribution is -2.38. The van der Waals surface area contributed by atoms with Crippen molar-refractivity contribution in [2.75, 3.05) is 5.32 Å². The number of carbonyl (C=O) groups excluding carboxylic acids is 1. The van der Waals surface area contributed by atoms with E-state index in [0.29, 0.717) is 12.2 Å². The normalized spacial score (nSPS) is 15.6. The summed E-state index contributed by atoms with van der Waals surface area (Å²) in [6.07, 6.45) is 6.91. The van der Waals surface area contributed by atoms with Crippen molar-refractivity contribution >= 4 is 11.6 Å². The predicted octanol–water partition coefficient (Wildman–Crippen LogP) is 4.52. The van der Waals surface area contributed by atoms with Crippen molar-refractivity contribution < 1.29 is 9.18 Å². The summed E-state index contributed by atoms with van der Waals surface area (Å²) in [6, 6.07) is 16.5. The van der Waals surface area contributed by atoms with Gasteiger partial charge in [0, 0.05) is 6.20 Å². The molecular formula is C22H22FN3O. The van der Waals surface area contributed by atoms with Gasteiger partial charge in [0.15, 0.2) is 0 Å². The van der Waals surface area contributed by atoms with E-state index in [2.05, 4.69) is 10.4 Å². The number of rotatable bonds is 5. The van der Waals surface area contributed by atoms with Gasteiger partial charge in [-0.2, -0.15) is 5.10 Å². The van der Waals surface area contributed by atoms with Crippen LogP contribution in [0.1, 0.15) is 36.8 Å². The first-order chi connectivity index (χ1) is 13.2. The summed E-state index contributed by atoms with van der Waals surface area (Å²) < 4.78 is 15.5. The Morgan fingerprint density at radius 3 is 2.63 bits per heavy atom. The zero-order valence-electron chi connectivity index (χ0n) is 15.1. The molecule has 0 aliphatic heterocycles. The van der Waals surface area contributed by atoms with Crippen molar-refractivity contribution in [3.05, 3.63) is 83.9 Å². The molecule has 1 heterocycles. The summed E-state index contributed by atoms with van der Waals surface area (Å²) in [5.74, 6) is -0.382. The molecular weight excluding hydrogens is 341 g/mol. The maximum Gasteiger partial charge on any atom is 0.235 e. The highest BCUT2D eigenvalue weighted by molar-refractivity contribution is 5.99. The van der Waals surface area contributed by atoms with Crippen molar-refractivity contribution in [1.82, 2.24) is 9.78 Å². The first-order valence-electron chi connectivity index (χ1n) is 9.30. The smallest absolute Gasteiger partial charge is 0.235 e. The van der Waals surface area contributed by atoms with Gasteiger partial charge in [0.05, 0.1) is 23.8 Å². The minimum Gasteiger partial charge on any atom is -0.323 e. The van der Waals surface area contributed by atoms with Gasteiger partial charge < -0.3 is 5.32 Å². The van der Waals surface area contributed by atoms with Gasteiger partial charge in [0.25, 0.3) is 0 Å². The van der Waals surface area contributed by atoms with E-state index in [1.807, 2.05) is 42.6 Å². The summed E-state index contributed by atoms with van der Waals surface area (Å²) >= 11 is 0. The first-order valence-corrected chi connectivity index (χ1v) is 9.30. The van der Waals surface area contributed by atoms with Crippen LogP contribution in [0.2, 0.25) is 0 Å². The molecule has 0 unspecified atom stereocenters. The minimum atomic E-state index is -0.663. The van der Waals surface area contributed by atoms with Crippen LogP contribution in [0, 0.1) is 5.82 Å². The summed E-state index contributed by atoms with van der Waals surface area (Å²) in [7, 11) is 0. The highest BCUT2D eigenvalue weighted by Crippen LogP contribution is 2.42. The number of hydrogen-bond donors (Lipinski definition) is 1. The van der Waals surface area contributed by atoms with Gasteiger partial charge in [-0.05, 0) is 36.1 Å². The van der Waals surface area contributed by atoms with Gasteiger partial charge in [0.2, 0.25) is 5.91 Å². The fraction of sp³-hybridized carbons (Fsp3) is 0.273. The molecule has 1 aliphatic rings. The standard InChI is InChI=1S/C22H22FN3O/c23-19-10-6-9-18(13-19)22(11-4-5-12-22)21(27)25-20-14-24-26(16-20)15-17-7-2-1-3-8-17/h1-3,6-10,13-14,16H,4-5,11-12,15H2,(H,25,27). The van der Waals surface area contributed by atoms with Gasteiger partial charge >= 0.3 is 0 Å². The van der Waals surface area contributed by atoms with E-state index >= 15 is 0 Å². The van der Waals surface area contributed by atoms with Gasteiger partial charge in [-0.1, -0.05) is 55.3 Å². The van der Waals surface area contributed by atoms with Gasteiger partial charge in [-0.3, -0.25) is 9.48 Å². The maximum absolute atomic E-state index is 13.7. The Morgan fingerprint density at radius 1 is 1.11 bits per heavy atom. The lowest BCUT2D eigenvalue weighted by molar-refractivity contribution is -0.121. The molecule has 5 heteroatoms. The quantitative estimate of drug-likeness (QED) is 0.724. The third kappa shape index (κ3) is 3.63. The second kappa shape index (κ2) is 7.35. The average Bonchev–Trinajstić information content (AvgIpc) is 3.33. The summed E-state index contributed by atoms with van der Waals surface area (Å²) in [6.45, 7) is 0.645. The molecule has 1 aromatic heterocycles. The molecule has 4 nitrogen and oxygen atoms in total. The average molecular weight is 363 g/mol. The molecule has 4 rings (SSSR count). The van der Waals surface area contributed by atoms with E-state index in [-0.39, 0.29) is 11.7 Å². The fourth-order valence-corrected chi connectivity index (χ4v) is 3.95. The van der Waals surface area contributed by atoms with Crippen molar-refractivity contribution in [3.63, 3.8) is 0 Å². The van der Waals surface area contributed by atoms with Crippen molar-refractivity contribution in [2.24, 2.45) is 0 Å². The fourth-order valence-electron chi connectivity index (χ4n) is 3.95. The number of nitrogens with zero attached hydrogens (tertiary/aromatic N) is 2. The number of amides is 1. The molecule has 138 valence electrons. The van der Waals surface area contributed by atoms with E-state index < -0.39 is 5.41 Å². The van der Waals surface area contributed by atoms with Gasteiger partial charge in [-0.25, -0.2) is 4.39 Å². The maximum atomic E-state index is 13.7. The van der Waals surface area contributed by atoms with Crippen LogP contribution in [-0.2, 0) is 16.8 Å². The molecule has 1 aliphatic carbocycles. The zero-order chi connectivity index (χ0) is 18.7. The topological polar surface area (TPSA) is 46.9 Å². The molecule has 0 radical (unpaired) electrons. The lowest BCUT2D eigenvalue weighted by atomic mass is 9.78. The summed E-state index contributed by atoms with van der Waals surface area (Å²) in [5, 5.41) is 7.35. The first kappa shape index (κ1) is 17.5. The third-order valence-corrected chi connectivity index (χ3v) is 5.35. The minimum absolute atomic E-state index is 0.0788. The zero-order valence-corrected chi connectivity index (χ0v) is 15.1. The Bertz CT molecular complexity index is 929. The molecule has 0 bridgehead atoms. The van der Waals surface area contributed by atoms with E-state index in [4.69, 9.17) is 0 Å². The van der Waals surface area contributed by atoms with Crippen LogP contribution in [0.5, 0.6) is 0 Å². The highest BCUT2D eigenvalue weighted by atomic mass is 19.1. The number of hydrogen-bond acceptors (Lipinski definition) is 2. The van der Waals surface area contributed by atoms with Crippen LogP contribution in [0.15, 0.2) is 67.0 Å². The molecule has 0 atom stereocenters. The van der Waals surface area contributed by atoms with Crippen molar-refractivity contribution in [2.45, 2.75) is 37.6 Å². The monoisotopic (exact) mass is 363 g/mol. The number of halogens is 1. The molecule has 0 spiro atoms. The molecule has 1 N–H and O–H groups in total. The molecule has 2 aromatic carbocycles. The number of benzene rings is 2. The Morgan fingerprint density at radius 2 is 1.89 bits per heavy atom. The van der Waals surface area contributed by atoms with Gasteiger partial charge in [0.1, 0.15) is 5.82 Å². The van der Waals surface area contributed by atoms with Crippen molar-refractivity contribution in [1.29, 1.82) is 0 Å². The van der Waals surface area contributed by atoms with Crippen molar-refractivity contribution in [3.8, 4) is 0 Å². The number of aromatic nitrogens is 2. The molecule has 1 amide bonds. The number of carbonyl (C=O) groups is 1. The number of nitrogens with one attached hydrogen (secondary N) is 1. The SMILES string of the molecule is O=C(Nc1cnn(Cc2ccccc2)c1)C1(c2cccc(F)c2)CCCC1. The molecule has 1 saturated carbocycles. The highest BCUT2D eigenvalue weighted by Gasteiger charge is 2.43. The summed E-state index contributed by atoms with van der Waals surface area (Å²) in [5.41, 5.74) is 1.90. The van der Waals surface area contributed by atoms with E-state index in [1.54, 1.807) is 16.9 Å². The van der Waals surface area contributed by atoms with Crippen LogP contribution in [-0.4, -0.2) is 15.7 Å². The number of anilines is 1. The van der Waals surface area contributed by atoms with Crippen LogP contribution in [0.25, 0.3) is 0 Å². The van der Waals surface area contributed by atoms with E-state index in [9.17, 15) is 9.18 Å². The molecule has 3 aromatic rings. The van der Waals surface area contributed by atoms with E-state index in [1.165, 1.54) is 12.1 Å². The van der Waals surface area contributed by atoms with Crippen LogP contribution < -0.4 is 5.32 Å². The van der Waals surface area contributed by atoms with Crippen LogP contribution in [0.3, 0.4) is 0 Å². The molecule has 1 fully saturated rings. The summed E-state index contributed by atoms with van der Waals surface area (Å²) in [4.78, 5) is 13.1.